The van der Waals surface area contributed by atoms with Gasteiger partial charge in [-0.15, -0.1) is 0 Å². The maximum absolute atomic E-state index is 13.3. The summed E-state index contributed by atoms with van der Waals surface area (Å²) in [6.45, 7) is 6.36. The molecule has 1 saturated heterocycles. The first-order valence-electron chi connectivity index (χ1n) is 10.5. The molecule has 3 aromatic rings. The number of aryl methyl sites for hydroxylation is 1. The van der Waals surface area contributed by atoms with Gasteiger partial charge in [-0.05, 0) is 61.8 Å². The number of anilines is 1. The fourth-order valence-electron chi connectivity index (χ4n) is 3.84. The monoisotopic (exact) mass is 431 g/mol. The van der Waals surface area contributed by atoms with E-state index in [-0.39, 0.29) is 10.7 Å². The van der Waals surface area contributed by atoms with Crippen molar-refractivity contribution in [2.75, 3.05) is 4.90 Å². The lowest BCUT2D eigenvalue weighted by Gasteiger charge is -2.29. The number of para-hydroxylation sites is 1. The van der Waals surface area contributed by atoms with Crippen LogP contribution in [0.3, 0.4) is 0 Å². The van der Waals surface area contributed by atoms with Crippen LogP contribution in [-0.2, 0) is 16.0 Å². The van der Waals surface area contributed by atoms with Crippen molar-refractivity contribution in [3.05, 3.63) is 71.4 Å². The molecule has 0 radical (unpaired) electrons. The lowest BCUT2D eigenvalue weighted by atomic mass is 10.1. The van der Waals surface area contributed by atoms with Crippen LogP contribution in [0.2, 0.25) is 0 Å². The lowest BCUT2D eigenvalue weighted by molar-refractivity contribution is -0.122. The molecule has 5 nitrogen and oxygen atoms in total. The first-order chi connectivity index (χ1) is 14.9. The predicted octanol–water partition coefficient (Wildman–Crippen LogP) is 5.01. The van der Waals surface area contributed by atoms with Crippen molar-refractivity contribution in [3.8, 4) is 0 Å². The predicted molar refractivity (Wildman–Crippen MR) is 129 cm³/mol. The largest absolute Gasteiger partial charge is 0.344 e. The van der Waals surface area contributed by atoms with Crippen LogP contribution >= 0.6 is 12.2 Å². The number of hydrogen-bond acceptors (Lipinski definition) is 3. The Bertz CT molecular complexity index is 1210. The number of hydrogen-bond donors (Lipinski definition) is 1. The number of benzene rings is 2. The van der Waals surface area contributed by atoms with Crippen LogP contribution in [0, 0.1) is 0 Å². The third kappa shape index (κ3) is 3.79. The Morgan fingerprint density at radius 3 is 2.45 bits per heavy atom. The van der Waals surface area contributed by atoms with Gasteiger partial charge >= 0.3 is 0 Å². The van der Waals surface area contributed by atoms with Gasteiger partial charge in [-0.3, -0.25) is 19.8 Å². The molecule has 1 aliphatic rings. The second-order valence-corrected chi connectivity index (χ2v) is 8.13. The molecule has 1 fully saturated rings. The average Bonchev–Trinajstić information content (AvgIpc) is 3.15. The van der Waals surface area contributed by atoms with Crippen molar-refractivity contribution in [1.82, 2.24) is 9.88 Å². The first kappa shape index (κ1) is 21.0. The minimum atomic E-state index is -0.475. The van der Waals surface area contributed by atoms with Gasteiger partial charge in [0.15, 0.2) is 5.11 Å². The van der Waals surface area contributed by atoms with Crippen LogP contribution in [0.4, 0.5) is 5.69 Å². The van der Waals surface area contributed by atoms with Crippen LogP contribution in [0.5, 0.6) is 0 Å². The van der Waals surface area contributed by atoms with E-state index in [0.29, 0.717) is 11.7 Å². The Morgan fingerprint density at radius 1 is 1.06 bits per heavy atom. The van der Waals surface area contributed by atoms with Crippen molar-refractivity contribution >= 4 is 51.8 Å². The molecule has 6 heteroatoms. The average molecular weight is 432 g/mol. The molecule has 0 saturated carbocycles. The molecular formula is C25H25N3O2S. The van der Waals surface area contributed by atoms with Crippen molar-refractivity contribution in [3.63, 3.8) is 0 Å². The molecule has 1 atom stereocenters. The Morgan fingerprint density at radius 2 is 1.77 bits per heavy atom. The molecule has 0 unspecified atom stereocenters. The van der Waals surface area contributed by atoms with Gasteiger partial charge < -0.3 is 4.57 Å². The standard InChI is InChI=1S/C25H25N3O2S/c1-4-16(3)27-15-18(20-8-6-7-9-22(20)27)14-21-23(29)26-25(31)28(24(21)30)19-12-10-17(5-2)11-13-19/h6-16H,4-5H2,1-3H3,(H,26,29,31)/b21-14+/t16-/m0/s1. The van der Waals surface area contributed by atoms with Crippen molar-refractivity contribution < 1.29 is 9.59 Å². The van der Waals surface area contributed by atoms with Crippen molar-refractivity contribution in [2.45, 2.75) is 39.7 Å². The van der Waals surface area contributed by atoms with E-state index >= 15 is 0 Å². The molecule has 1 aromatic heterocycles. The van der Waals surface area contributed by atoms with Gasteiger partial charge in [0.05, 0.1) is 5.69 Å². The molecule has 158 valence electrons. The molecule has 0 aliphatic carbocycles. The lowest BCUT2D eigenvalue weighted by Crippen LogP contribution is -2.54. The minimum absolute atomic E-state index is 0.0697. The van der Waals surface area contributed by atoms with E-state index < -0.39 is 11.8 Å². The first-order valence-corrected chi connectivity index (χ1v) is 10.9. The highest BCUT2D eigenvalue weighted by Gasteiger charge is 2.34. The van der Waals surface area contributed by atoms with E-state index in [1.807, 2.05) is 48.7 Å². The zero-order valence-corrected chi connectivity index (χ0v) is 18.7. The number of thiocarbonyl (C=S) groups is 1. The number of rotatable bonds is 5. The summed E-state index contributed by atoms with van der Waals surface area (Å²) in [5.74, 6) is -0.893. The summed E-state index contributed by atoms with van der Waals surface area (Å²) in [4.78, 5) is 27.4. The third-order valence-corrected chi connectivity index (χ3v) is 6.13. The van der Waals surface area contributed by atoms with Gasteiger partial charge in [0.1, 0.15) is 5.57 Å². The number of nitrogens with zero attached hydrogens (tertiary/aromatic N) is 2. The molecule has 31 heavy (non-hydrogen) atoms. The van der Waals surface area contributed by atoms with Gasteiger partial charge in [-0.2, -0.15) is 0 Å². The van der Waals surface area contributed by atoms with Gasteiger partial charge in [0.25, 0.3) is 11.8 Å². The summed E-state index contributed by atoms with van der Waals surface area (Å²) < 4.78 is 2.19. The number of fused-ring (bicyclic) bond motifs is 1. The molecule has 0 bridgehead atoms. The third-order valence-electron chi connectivity index (χ3n) is 5.84. The fourth-order valence-corrected chi connectivity index (χ4v) is 4.12. The normalized spacial score (nSPS) is 16.8. The summed E-state index contributed by atoms with van der Waals surface area (Å²) in [5.41, 5.74) is 3.79. The molecule has 1 N–H and O–H groups in total. The molecular weight excluding hydrogens is 406 g/mol. The molecule has 2 heterocycles. The Balaban J connectivity index is 1.79. The quantitative estimate of drug-likeness (QED) is 0.351. The van der Waals surface area contributed by atoms with Gasteiger partial charge in [-0.25, -0.2) is 0 Å². The molecule has 2 amide bonds. The van der Waals surface area contributed by atoms with Gasteiger partial charge in [0.2, 0.25) is 0 Å². The number of aromatic nitrogens is 1. The topological polar surface area (TPSA) is 54.3 Å². The smallest absolute Gasteiger partial charge is 0.270 e. The maximum Gasteiger partial charge on any atom is 0.270 e. The van der Waals surface area contributed by atoms with E-state index in [1.165, 1.54) is 4.90 Å². The highest BCUT2D eigenvalue weighted by Crippen LogP contribution is 2.29. The number of carbonyl (C=O) groups is 2. The van der Waals surface area contributed by atoms with Gasteiger partial charge in [-0.1, -0.05) is 44.2 Å². The molecule has 1 aliphatic heterocycles. The maximum atomic E-state index is 13.3. The molecule has 4 rings (SSSR count). The van der Waals surface area contributed by atoms with Crippen LogP contribution < -0.4 is 10.2 Å². The van der Waals surface area contributed by atoms with Crippen LogP contribution in [0.1, 0.15) is 44.4 Å². The van der Waals surface area contributed by atoms with Crippen molar-refractivity contribution in [1.29, 1.82) is 0 Å². The Hall–Kier alpha value is -3.25. The van der Waals surface area contributed by atoms with E-state index in [2.05, 4.69) is 36.7 Å². The minimum Gasteiger partial charge on any atom is -0.344 e. The Kier molecular flexibility index (Phi) is 5.74. The molecule has 0 spiro atoms. The SMILES string of the molecule is CCc1ccc(N2C(=O)/C(=C/c3cn([C@@H](C)CC)c4ccccc34)C(=O)NC2=S)cc1. The highest BCUT2D eigenvalue weighted by molar-refractivity contribution is 7.80. The van der Waals surface area contributed by atoms with Crippen molar-refractivity contribution in [2.24, 2.45) is 0 Å². The number of amides is 2. The number of nitrogens with one attached hydrogen (secondary N) is 1. The van der Waals surface area contributed by atoms with Crippen LogP contribution in [0.25, 0.3) is 17.0 Å². The second-order valence-electron chi connectivity index (χ2n) is 7.74. The zero-order chi connectivity index (χ0) is 22.1. The fraction of sp³-hybridized carbons (Fsp3) is 0.240. The summed E-state index contributed by atoms with van der Waals surface area (Å²) in [6.07, 6.45) is 5.57. The molecule has 2 aromatic carbocycles. The van der Waals surface area contributed by atoms with E-state index in [9.17, 15) is 9.59 Å². The Labute approximate surface area is 187 Å². The van der Waals surface area contributed by atoms with Crippen LogP contribution in [-0.4, -0.2) is 21.5 Å². The summed E-state index contributed by atoms with van der Waals surface area (Å²) >= 11 is 5.31. The van der Waals surface area contributed by atoms with E-state index in [1.54, 1.807) is 6.08 Å². The highest BCUT2D eigenvalue weighted by atomic mass is 32.1. The zero-order valence-electron chi connectivity index (χ0n) is 17.9. The van der Waals surface area contributed by atoms with Gasteiger partial charge in [0, 0.05) is 28.7 Å². The summed E-state index contributed by atoms with van der Waals surface area (Å²) in [5, 5.41) is 3.77. The summed E-state index contributed by atoms with van der Waals surface area (Å²) in [6, 6.07) is 16.0. The second kappa shape index (κ2) is 8.47. The van der Waals surface area contributed by atoms with E-state index in [0.717, 1.165) is 34.9 Å². The van der Waals surface area contributed by atoms with Crippen LogP contribution in [0.15, 0.2) is 60.3 Å². The van der Waals surface area contributed by atoms with E-state index in [4.69, 9.17) is 12.2 Å². The summed E-state index contributed by atoms with van der Waals surface area (Å²) in [7, 11) is 0. The number of carbonyl (C=O) groups excluding carboxylic acids is 2.